The van der Waals surface area contributed by atoms with Crippen LogP contribution in [-0.2, 0) is 0 Å². The Balaban J connectivity index is 1.95. The van der Waals surface area contributed by atoms with Crippen LogP contribution in [-0.4, -0.2) is 19.7 Å². The zero-order valence-electron chi connectivity index (χ0n) is 12.7. The van der Waals surface area contributed by atoms with E-state index < -0.39 is 0 Å². The summed E-state index contributed by atoms with van der Waals surface area (Å²) in [6.45, 7) is 3.95. The van der Waals surface area contributed by atoms with Gasteiger partial charge in [-0.05, 0) is 31.0 Å². The molecule has 2 N–H and O–H groups in total. The van der Waals surface area contributed by atoms with E-state index in [1.807, 2.05) is 38.1 Å². The van der Waals surface area contributed by atoms with Gasteiger partial charge in [-0.2, -0.15) is 15.0 Å². The zero-order chi connectivity index (χ0) is 16.4. The molecule has 7 heteroatoms. The van der Waals surface area contributed by atoms with E-state index in [1.165, 1.54) is 17.2 Å². The van der Waals surface area contributed by atoms with Crippen molar-refractivity contribution in [3.63, 3.8) is 0 Å². The van der Waals surface area contributed by atoms with Gasteiger partial charge in [-0.25, -0.2) is 9.97 Å². The molecule has 23 heavy (non-hydrogen) atoms. The van der Waals surface area contributed by atoms with Gasteiger partial charge in [-0.3, -0.25) is 0 Å². The second-order valence-corrected chi connectivity index (χ2v) is 5.05. The van der Waals surface area contributed by atoms with E-state index in [0.29, 0.717) is 17.3 Å². The van der Waals surface area contributed by atoms with Crippen LogP contribution in [0, 0.1) is 25.2 Å². The number of hydrogen-bond donors (Lipinski definition) is 1. The predicted molar refractivity (Wildman–Crippen MR) is 84.3 cm³/mol. The van der Waals surface area contributed by atoms with Crippen molar-refractivity contribution in [2.24, 2.45) is 0 Å². The number of aryl methyl sites for hydroxylation is 2. The van der Waals surface area contributed by atoms with Gasteiger partial charge in [0.2, 0.25) is 5.88 Å². The molecule has 0 amide bonds. The molecule has 0 aliphatic heterocycles. The van der Waals surface area contributed by atoms with Crippen LogP contribution in [0.2, 0.25) is 0 Å². The first-order valence-electron chi connectivity index (χ1n) is 6.89. The van der Waals surface area contributed by atoms with Crippen LogP contribution in [0.15, 0.2) is 36.8 Å². The molecule has 0 aliphatic carbocycles. The lowest BCUT2D eigenvalue weighted by molar-refractivity contribution is 0.457. The van der Waals surface area contributed by atoms with E-state index in [-0.39, 0.29) is 5.82 Å². The third-order valence-electron chi connectivity index (χ3n) is 3.33. The Morgan fingerprint density at radius 2 is 2.04 bits per heavy atom. The number of ether oxygens (including phenoxy) is 1. The van der Waals surface area contributed by atoms with Crippen molar-refractivity contribution in [2.45, 2.75) is 13.8 Å². The summed E-state index contributed by atoms with van der Waals surface area (Å²) in [5.41, 5.74) is 8.25. The van der Waals surface area contributed by atoms with E-state index in [4.69, 9.17) is 15.7 Å². The number of benzene rings is 1. The van der Waals surface area contributed by atoms with Gasteiger partial charge < -0.3 is 10.5 Å². The lowest BCUT2D eigenvalue weighted by Gasteiger charge is -2.09. The summed E-state index contributed by atoms with van der Waals surface area (Å²) in [7, 11) is 0. The minimum absolute atomic E-state index is 0.226. The van der Waals surface area contributed by atoms with Crippen molar-refractivity contribution >= 4 is 5.82 Å². The molecule has 0 aliphatic rings. The third kappa shape index (κ3) is 2.82. The number of nitrogens with zero attached hydrogens (tertiary/aromatic N) is 5. The Bertz CT molecular complexity index is 909. The van der Waals surface area contributed by atoms with Crippen molar-refractivity contribution in [1.82, 2.24) is 19.7 Å². The van der Waals surface area contributed by atoms with Crippen LogP contribution in [0.5, 0.6) is 11.6 Å². The zero-order valence-corrected chi connectivity index (χ0v) is 12.7. The van der Waals surface area contributed by atoms with E-state index in [2.05, 4.69) is 15.1 Å². The standard InChI is InChI=1S/C16H14N6O/c1-10-3-4-11(2)13(5-10)23-15-6-14(19-9-20-15)22-16(18)12(7-17)8-21-22/h3-6,8-9H,18H2,1-2H3. The van der Waals surface area contributed by atoms with Gasteiger partial charge in [0.05, 0.1) is 6.20 Å². The Labute approximate surface area is 133 Å². The highest BCUT2D eigenvalue weighted by atomic mass is 16.5. The summed E-state index contributed by atoms with van der Waals surface area (Å²) < 4.78 is 7.20. The maximum absolute atomic E-state index is 8.94. The maximum Gasteiger partial charge on any atom is 0.224 e. The van der Waals surface area contributed by atoms with Crippen molar-refractivity contribution in [3.05, 3.63) is 53.5 Å². The molecule has 0 radical (unpaired) electrons. The van der Waals surface area contributed by atoms with E-state index >= 15 is 0 Å². The molecule has 3 aromatic rings. The molecule has 7 nitrogen and oxygen atoms in total. The van der Waals surface area contributed by atoms with E-state index in [1.54, 1.807) is 6.07 Å². The molecule has 0 saturated carbocycles. The number of aromatic nitrogens is 4. The highest BCUT2D eigenvalue weighted by molar-refractivity contribution is 5.51. The summed E-state index contributed by atoms with van der Waals surface area (Å²) in [6.07, 6.45) is 2.76. The van der Waals surface area contributed by atoms with Crippen LogP contribution in [0.1, 0.15) is 16.7 Å². The first-order chi connectivity index (χ1) is 11.1. The molecular formula is C16H14N6O. The van der Waals surface area contributed by atoms with Crippen molar-refractivity contribution in [1.29, 1.82) is 5.26 Å². The van der Waals surface area contributed by atoms with Crippen LogP contribution < -0.4 is 10.5 Å². The Morgan fingerprint density at radius 3 is 2.78 bits per heavy atom. The fraction of sp³-hybridized carbons (Fsp3) is 0.125. The second kappa shape index (κ2) is 5.77. The molecule has 3 rings (SSSR count). The maximum atomic E-state index is 8.94. The lowest BCUT2D eigenvalue weighted by atomic mass is 10.1. The van der Waals surface area contributed by atoms with Gasteiger partial charge in [0.25, 0.3) is 0 Å². The Kier molecular flexibility index (Phi) is 3.65. The molecule has 0 bridgehead atoms. The number of nitrogens with two attached hydrogens (primary N) is 1. The first-order valence-corrected chi connectivity index (χ1v) is 6.89. The number of nitrogen functional groups attached to an aromatic ring is 1. The van der Waals surface area contributed by atoms with Crippen molar-refractivity contribution in [2.75, 3.05) is 5.73 Å². The topological polar surface area (TPSA) is 103 Å². The number of hydrogen-bond acceptors (Lipinski definition) is 6. The Morgan fingerprint density at radius 1 is 1.22 bits per heavy atom. The molecular weight excluding hydrogens is 292 g/mol. The van der Waals surface area contributed by atoms with Crippen molar-refractivity contribution in [3.8, 4) is 23.5 Å². The molecule has 0 saturated heterocycles. The molecule has 2 aromatic heterocycles. The van der Waals surface area contributed by atoms with Gasteiger partial charge in [0.15, 0.2) is 5.82 Å². The fourth-order valence-electron chi connectivity index (χ4n) is 2.06. The summed E-state index contributed by atoms with van der Waals surface area (Å²) in [6, 6.07) is 9.52. The molecule has 0 fully saturated rings. The minimum atomic E-state index is 0.226. The minimum Gasteiger partial charge on any atom is -0.439 e. The predicted octanol–water partition coefficient (Wildman–Crippen LogP) is 2.53. The summed E-state index contributed by atoms with van der Waals surface area (Å²) >= 11 is 0. The third-order valence-corrected chi connectivity index (χ3v) is 3.33. The molecule has 0 atom stereocenters. The van der Waals surface area contributed by atoms with Gasteiger partial charge in [0.1, 0.15) is 29.5 Å². The SMILES string of the molecule is Cc1ccc(C)c(Oc2cc(-n3ncc(C#N)c3N)ncn2)c1. The summed E-state index contributed by atoms with van der Waals surface area (Å²) in [4.78, 5) is 8.23. The van der Waals surface area contributed by atoms with E-state index in [9.17, 15) is 0 Å². The average Bonchev–Trinajstić information content (AvgIpc) is 2.92. The first kappa shape index (κ1) is 14.5. The van der Waals surface area contributed by atoms with Gasteiger partial charge in [-0.15, -0.1) is 0 Å². The number of rotatable bonds is 3. The van der Waals surface area contributed by atoms with E-state index in [0.717, 1.165) is 16.9 Å². The Hall–Kier alpha value is -3.40. The average molecular weight is 306 g/mol. The lowest BCUT2D eigenvalue weighted by Crippen LogP contribution is -2.05. The van der Waals surface area contributed by atoms with Gasteiger partial charge >= 0.3 is 0 Å². The molecule has 1 aromatic carbocycles. The largest absolute Gasteiger partial charge is 0.439 e. The normalized spacial score (nSPS) is 10.3. The summed E-state index contributed by atoms with van der Waals surface area (Å²) in [5.74, 6) is 1.75. The van der Waals surface area contributed by atoms with Crippen LogP contribution >= 0.6 is 0 Å². The number of anilines is 1. The smallest absolute Gasteiger partial charge is 0.224 e. The molecule has 2 heterocycles. The van der Waals surface area contributed by atoms with Crippen LogP contribution in [0.25, 0.3) is 5.82 Å². The van der Waals surface area contributed by atoms with Crippen LogP contribution in [0.3, 0.4) is 0 Å². The van der Waals surface area contributed by atoms with Crippen LogP contribution in [0.4, 0.5) is 5.82 Å². The van der Waals surface area contributed by atoms with Gasteiger partial charge in [0, 0.05) is 6.07 Å². The summed E-state index contributed by atoms with van der Waals surface area (Å²) in [5, 5.41) is 13.0. The highest BCUT2D eigenvalue weighted by Gasteiger charge is 2.11. The molecule has 0 spiro atoms. The number of nitriles is 1. The van der Waals surface area contributed by atoms with Gasteiger partial charge in [-0.1, -0.05) is 12.1 Å². The van der Waals surface area contributed by atoms with Crippen molar-refractivity contribution < 1.29 is 4.74 Å². The monoisotopic (exact) mass is 306 g/mol. The fourth-order valence-corrected chi connectivity index (χ4v) is 2.06. The highest BCUT2D eigenvalue weighted by Crippen LogP contribution is 2.25. The second-order valence-electron chi connectivity index (χ2n) is 5.05. The molecule has 0 unspecified atom stereocenters. The molecule has 114 valence electrons. The quantitative estimate of drug-likeness (QED) is 0.797.